The number of carbonyl (C=O) groups is 1. The molecule has 0 N–H and O–H groups in total. The third kappa shape index (κ3) is 3.80. The lowest BCUT2D eigenvalue weighted by Gasteiger charge is -2.41. The molecule has 1 aromatic rings. The van der Waals surface area contributed by atoms with Gasteiger partial charge in [-0.15, -0.1) is 0 Å². The Bertz CT molecular complexity index is 528. The summed E-state index contributed by atoms with van der Waals surface area (Å²) in [7, 11) is 1.64. The van der Waals surface area contributed by atoms with Gasteiger partial charge in [-0.1, -0.05) is 43.1 Å². The monoisotopic (exact) mass is 328 g/mol. The average Bonchev–Trinajstić information content (AvgIpc) is 2.42. The zero-order chi connectivity index (χ0) is 15.7. The topological polar surface area (TPSA) is 26.3 Å². The number of hydrogen-bond acceptors (Lipinski definition) is 2. The van der Waals surface area contributed by atoms with E-state index in [1.54, 1.807) is 19.2 Å². The van der Waals surface area contributed by atoms with E-state index in [-0.39, 0.29) is 5.78 Å². The van der Waals surface area contributed by atoms with Crippen LogP contribution in [0.3, 0.4) is 0 Å². The fourth-order valence-electron chi connectivity index (χ4n) is 2.93. The van der Waals surface area contributed by atoms with Crippen LogP contribution < -0.4 is 0 Å². The van der Waals surface area contributed by atoms with Gasteiger partial charge < -0.3 is 4.74 Å². The summed E-state index contributed by atoms with van der Waals surface area (Å²) in [5.74, 6) is 0.115. The molecule has 1 aliphatic carbocycles. The summed E-state index contributed by atoms with van der Waals surface area (Å²) in [6.45, 7) is 4.49. The van der Waals surface area contributed by atoms with Gasteiger partial charge in [0.15, 0.2) is 5.78 Å². The lowest BCUT2D eigenvalue weighted by atomic mass is 9.69. The van der Waals surface area contributed by atoms with Crippen LogP contribution in [-0.2, 0) is 16.0 Å². The van der Waals surface area contributed by atoms with E-state index in [2.05, 4.69) is 13.8 Å². The highest BCUT2D eigenvalue weighted by atomic mass is 35.5. The first-order chi connectivity index (χ1) is 9.78. The molecular weight excluding hydrogens is 307 g/mol. The minimum absolute atomic E-state index is 0.115. The van der Waals surface area contributed by atoms with E-state index in [1.165, 1.54) is 0 Å². The first-order valence-corrected chi connectivity index (χ1v) is 8.06. The molecule has 0 bridgehead atoms. The highest BCUT2D eigenvalue weighted by Gasteiger charge is 2.43. The molecule has 0 atom stereocenters. The van der Waals surface area contributed by atoms with Crippen LogP contribution >= 0.6 is 23.2 Å². The quantitative estimate of drug-likeness (QED) is 0.769. The summed E-state index contributed by atoms with van der Waals surface area (Å²) in [6, 6.07) is 5.26. The summed E-state index contributed by atoms with van der Waals surface area (Å²) in [4.78, 5) is 12.8. The van der Waals surface area contributed by atoms with E-state index < -0.39 is 5.60 Å². The molecule has 1 saturated carbocycles. The van der Waals surface area contributed by atoms with E-state index in [4.69, 9.17) is 27.9 Å². The highest BCUT2D eigenvalue weighted by Crippen LogP contribution is 2.42. The molecule has 0 aromatic heterocycles. The molecule has 2 rings (SSSR count). The van der Waals surface area contributed by atoms with Crippen LogP contribution in [0.1, 0.15) is 45.1 Å². The van der Waals surface area contributed by atoms with Gasteiger partial charge in [0.25, 0.3) is 0 Å². The first-order valence-electron chi connectivity index (χ1n) is 7.30. The van der Waals surface area contributed by atoms with Crippen LogP contribution in [-0.4, -0.2) is 18.5 Å². The van der Waals surface area contributed by atoms with Crippen molar-refractivity contribution < 1.29 is 9.53 Å². The minimum atomic E-state index is -0.654. The molecule has 1 aromatic carbocycles. The molecule has 0 amide bonds. The van der Waals surface area contributed by atoms with Crippen LogP contribution in [0.2, 0.25) is 10.0 Å². The largest absolute Gasteiger partial charge is 0.370 e. The number of benzene rings is 1. The normalized spacial score (nSPS) is 20.2. The SMILES string of the molecule is COC1(C(=O)Cc2ccc(Cl)cc2Cl)CCC(C)(C)CC1. The van der Waals surface area contributed by atoms with Crippen molar-refractivity contribution in [3.8, 4) is 0 Å². The molecule has 0 spiro atoms. The van der Waals surface area contributed by atoms with Crippen molar-refractivity contribution in [2.45, 2.75) is 51.6 Å². The summed E-state index contributed by atoms with van der Waals surface area (Å²) in [5.41, 5.74) is 0.450. The molecule has 0 unspecified atom stereocenters. The van der Waals surface area contributed by atoms with Gasteiger partial charge in [0.05, 0.1) is 0 Å². The third-order valence-electron chi connectivity index (χ3n) is 4.68. The van der Waals surface area contributed by atoms with Crippen LogP contribution in [0, 0.1) is 5.41 Å². The van der Waals surface area contributed by atoms with E-state index in [1.807, 2.05) is 6.07 Å². The molecule has 0 aliphatic heterocycles. The second kappa shape index (κ2) is 6.28. The standard InChI is InChI=1S/C17H22Cl2O2/c1-16(2)6-8-17(21-3,9-7-16)15(20)10-12-4-5-13(18)11-14(12)19/h4-5,11H,6-10H2,1-3H3. The smallest absolute Gasteiger partial charge is 0.169 e. The van der Waals surface area contributed by atoms with Crippen LogP contribution in [0.4, 0.5) is 0 Å². The number of carbonyl (C=O) groups excluding carboxylic acids is 1. The minimum Gasteiger partial charge on any atom is -0.370 e. The van der Waals surface area contributed by atoms with Crippen molar-refractivity contribution in [3.05, 3.63) is 33.8 Å². The predicted molar refractivity (Wildman–Crippen MR) is 87.2 cm³/mol. The van der Waals surface area contributed by atoms with Gasteiger partial charge in [-0.05, 0) is 48.8 Å². The van der Waals surface area contributed by atoms with Gasteiger partial charge in [-0.25, -0.2) is 0 Å². The maximum atomic E-state index is 12.8. The van der Waals surface area contributed by atoms with Crippen LogP contribution in [0.5, 0.6) is 0 Å². The number of methoxy groups -OCH3 is 1. The molecule has 1 aliphatic rings. The Morgan fingerprint density at radius 2 is 1.81 bits per heavy atom. The third-order valence-corrected chi connectivity index (χ3v) is 5.26. The molecule has 4 heteroatoms. The lowest BCUT2D eigenvalue weighted by Crippen LogP contribution is -2.46. The summed E-state index contributed by atoms with van der Waals surface area (Å²) >= 11 is 12.1. The molecule has 21 heavy (non-hydrogen) atoms. The molecule has 0 radical (unpaired) electrons. The van der Waals surface area contributed by atoms with Crippen molar-refractivity contribution in [3.63, 3.8) is 0 Å². The summed E-state index contributed by atoms with van der Waals surface area (Å²) in [6.07, 6.45) is 3.85. The number of Topliss-reactive ketones (excluding diaryl/α,β-unsaturated/α-hetero) is 1. The Morgan fingerprint density at radius 1 is 1.19 bits per heavy atom. The van der Waals surface area contributed by atoms with Gasteiger partial charge in [0, 0.05) is 23.6 Å². The Hall–Kier alpha value is -0.570. The number of hydrogen-bond donors (Lipinski definition) is 0. The fourth-order valence-corrected chi connectivity index (χ4v) is 3.40. The Labute approximate surface area is 136 Å². The molecule has 2 nitrogen and oxygen atoms in total. The van der Waals surface area contributed by atoms with Crippen molar-refractivity contribution >= 4 is 29.0 Å². The lowest BCUT2D eigenvalue weighted by molar-refractivity contribution is -0.147. The summed E-state index contributed by atoms with van der Waals surface area (Å²) < 4.78 is 5.65. The van der Waals surface area contributed by atoms with Crippen molar-refractivity contribution in [1.29, 1.82) is 0 Å². The van der Waals surface area contributed by atoms with E-state index >= 15 is 0 Å². The fraction of sp³-hybridized carbons (Fsp3) is 0.588. The van der Waals surface area contributed by atoms with Crippen LogP contribution in [0.25, 0.3) is 0 Å². The zero-order valence-corrected chi connectivity index (χ0v) is 14.4. The number of rotatable bonds is 4. The van der Waals surface area contributed by atoms with Gasteiger partial charge in [-0.2, -0.15) is 0 Å². The predicted octanol–water partition coefficient (Wildman–Crippen LogP) is 5.09. The Balaban J connectivity index is 2.14. The van der Waals surface area contributed by atoms with Gasteiger partial charge >= 0.3 is 0 Å². The molecule has 116 valence electrons. The first kappa shape index (κ1) is 16.8. The van der Waals surface area contributed by atoms with Crippen molar-refractivity contribution in [2.24, 2.45) is 5.41 Å². The zero-order valence-electron chi connectivity index (χ0n) is 12.8. The van der Waals surface area contributed by atoms with E-state index in [0.29, 0.717) is 21.9 Å². The van der Waals surface area contributed by atoms with Gasteiger partial charge in [0.2, 0.25) is 0 Å². The molecular formula is C17H22Cl2O2. The number of halogens is 2. The van der Waals surface area contributed by atoms with E-state index in [9.17, 15) is 4.79 Å². The van der Waals surface area contributed by atoms with Crippen LogP contribution in [0.15, 0.2) is 18.2 Å². The highest BCUT2D eigenvalue weighted by molar-refractivity contribution is 6.35. The second-order valence-corrected chi connectivity index (χ2v) is 7.54. The molecule has 0 heterocycles. The molecule has 0 saturated heterocycles. The van der Waals surface area contributed by atoms with E-state index in [0.717, 1.165) is 31.2 Å². The number of ether oxygens (including phenoxy) is 1. The maximum absolute atomic E-state index is 12.8. The van der Waals surface area contributed by atoms with Crippen molar-refractivity contribution in [2.75, 3.05) is 7.11 Å². The Kier molecular flexibility index (Phi) is 5.02. The Morgan fingerprint density at radius 3 is 2.33 bits per heavy atom. The summed E-state index contributed by atoms with van der Waals surface area (Å²) in [5, 5.41) is 1.12. The average molecular weight is 329 g/mol. The van der Waals surface area contributed by atoms with Crippen molar-refractivity contribution in [1.82, 2.24) is 0 Å². The van der Waals surface area contributed by atoms with Gasteiger partial charge in [-0.3, -0.25) is 4.79 Å². The second-order valence-electron chi connectivity index (χ2n) is 6.70. The van der Waals surface area contributed by atoms with Gasteiger partial charge in [0.1, 0.15) is 5.60 Å². The number of ketones is 1. The molecule has 1 fully saturated rings. The maximum Gasteiger partial charge on any atom is 0.169 e.